The predicted molar refractivity (Wildman–Crippen MR) is 75.8 cm³/mol. The Morgan fingerprint density at radius 1 is 1.19 bits per heavy atom. The quantitative estimate of drug-likeness (QED) is 0.639. The number of hydrogen-bond donors (Lipinski definition) is 1. The molecule has 0 spiro atoms. The number of imide groups is 1. The van der Waals surface area contributed by atoms with Gasteiger partial charge in [-0.05, 0) is 24.6 Å². The summed E-state index contributed by atoms with van der Waals surface area (Å²) >= 11 is 0. The van der Waals surface area contributed by atoms with E-state index in [1.54, 1.807) is 19.1 Å². The van der Waals surface area contributed by atoms with E-state index in [0.717, 1.165) is 5.56 Å². The zero-order valence-corrected chi connectivity index (χ0v) is 11.8. The first kappa shape index (κ1) is 16.4. The molecule has 1 aromatic rings. The fourth-order valence-corrected chi connectivity index (χ4v) is 1.49. The van der Waals surface area contributed by atoms with E-state index in [0.29, 0.717) is 6.61 Å². The molecule has 1 aromatic carbocycles. The fourth-order valence-electron chi connectivity index (χ4n) is 1.49. The largest absolute Gasteiger partial charge is 0.466 e. The second-order valence-corrected chi connectivity index (χ2v) is 4.02. The molecule has 6 nitrogen and oxygen atoms in total. The Morgan fingerprint density at radius 2 is 1.86 bits per heavy atom. The molecule has 0 aliphatic rings. The van der Waals surface area contributed by atoms with Crippen LogP contribution in [-0.4, -0.2) is 31.2 Å². The molecule has 0 fully saturated rings. The highest BCUT2D eigenvalue weighted by Crippen LogP contribution is 2.06. The first-order valence-electron chi connectivity index (χ1n) is 6.40. The molecule has 0 aromatic heterocycles. The van der Waals surface area contributed by atoms with Crippen LogP contribution in [0.25, 0.3) is 0 Å². The summed E-state index contributed by atoms with van der Waals surface area (Å²) in [5.41, 5.74) is 1.01. The monoisotopic (exact) mass is 291 g/mol. The van der Waals surface area contributed by atoms with Gasteiger partial charge in [-0.3, -0.25) is 14.9 Å². The number of rotatable bonds is 6. The highest BCUT2D eigenvalue weighted by molar-refractivity contribution is 6.02. The smallest absolute Gasteiger partial charge is 0.414 e. The topological polar surface area (TPSA) is 81.7 Å². The Bertz CT molecular complexity index is 521. The molecule has 0 unspecified atom stereocenters. The van der Waals surface area contributed by atoms with Crippen molar-refractivity contribution in [3.8, 4) is 0 Å². The van der Waals surface area contributed by atoms with Gasteiger partial charge in [-0.25, -0.2) is 4.79 Å². The number of alkyl carbamates (subject to hydrolysis) is 1. The van der Waals surface area contributed by atoms with Gasteiger partial charge in [0.15, 0.2) is 0 Å². The summed E-state index contributed by atoms with van der Waals surface area (Å²) in [6.45, 7) is 5.47. The zero-order valence-electron chi connectivity index (χ0n) is 11.8. The molecular formula is C15H17NO5. The lowest BCUT2D eigenvalue weighted by atomic mass is 10.1. The highest BCUT2D eigenvalue weighted by atomic mass is 16.5. The van der Waals surface area contributed by atoms with Crippen molar-refractivity contribution in [2.24, 2.45) is 0 Å². The first-order valence-corrected chi connectivity index (χ1v) is 6.40. The molecule has 0 heterocycles. The third-order valence-electron chi connectivity index (χ3n) is 2.42. The van der Waals surface area contributed by atoms with Crippen LogP contribution in [-0.2, 0) is 20.7 Å². The molecule has 0 aliphatic heterocycles. The van der Waals surface area contributed by atoms with E-state index in [4.69, 9.17) is 4.74 Å². The van der Waals surface area contributed by atoms with Crippen LogP contribution in [0.1, 0.15) is 22.8 Å². The minimum Gasteiger partial charge on any atom is -0.466 e. The number of benzene rings is 1. The van der Waals surface area contributed by atoms with Crippen LogP contribution >= 0.6 is 0 Å². The maximum absolute atomic E-state index is 11.7. The average Bonchev–Trinajstić information content (AvgIpc) is 2.46. The summed E-state index contributed by atoms with van der Waals surface area (Å²) in [7, 11) is 0. The summed E-state index contributed by atoms with van der Waals surface area (Å²) in [4.78, 5) is 34.2. The van der Waals surface area contributed by atoms with Crippen molar-refractivity contribution in [2.75, 3.05) is 13.2 Å². The number of carbonyl (C=O) groups excluding carboxylic acids is 3. The van der Waals surface area contributed by atoms with E-state index >= 15 is 0 Å². The SMILES string of the molecule is C=CCOC(=O)NC(=O)c1ccc(CC(=O)OCC)cc1. The Hall–Kier alpha value is -2.63. The van der Waals surface area contributed by atoms with Crippen LogP contribution in [0, 0.1) is 0 Å². The number of nitrogens with one attached hydrogen (secondary N) is 1. The summed E-state index contributed by atoms with van der Waals surface area (Å²) in [5, 5.41) is 2.07. The van der Waals surface area contributed by atoms with E-state index < -0.39 is 12.0 Å². The van der Waals surface area contributed by atoms with Crippen LogP contribution in [0.4, 0.5) is 4.79 Å². The van der Waals surface area contributed by atoms with Gasteiger partial charge in [0.05, 0.1) is 13.0 Å². The molecule has 0 aliphatic carbocycles. The van der Waals surface area contributed by atoms with E-state index in [1.807, 2.05) is 0 Å². The number of esters is 1. The highest BCUT2D eigenvalue weighted by Gasteiger charge is 2.11. The molecule has 0 radical (unpaired) electrons. The molecule has 1 N–H and O–H groups in total. The Morgan fingerprint density at radius 3 is 2.43 bits per heavy atom. The van der Waals surface area contributed by atoms with Crippen LogP contribution in [0.2, 0.25) is 0 Å². The first-order chi connectivity index (χ1) is 10.1. The number of carbonyl (C=O) groups is 3. The van der Waals surface area contributed by atoms with Gasteiger partial charge in [-0.1, -0.05) is 24.8 Å². The van der Waals surface area contributed by atoms with Gasteiger partial charge >= 0.3 is 12.1 Å². The van der Waals surface area contributed by atoms with Gasteiger partial charge in [0.1, 0.15) is 6.61 Å². The van der Waals surface area contributed by atoms with Gasteiger partial charge in [0.2, 0.25) is 0 Å². The van der Waals surface area contributed by atoms with Gasteiger partial charge in [-0.2, -0.15) is 0 Å². The summed E-state index contributed by atoms with van der Waals surface area (Å²) < 4.78 is 9.46. The van der Waals surface area contributed by atoms with Crippen LogP contribution in [0.3, 0.4) is 0 Å². The molecular weight excluding hydrogens is 274 g/mol. The summed E-state index contributed by atoms with van der Waals surface area (Å²) in [6.07, 6.45) is 0.696. The second-order valence-electron chi connectivity index (χ2n) is 4.02. The Kier molecular flexibility index (Phi) is 6.67. The van der Waals surface area contributed by atoms with Crippen molar-refractivity contribution >= 4 is 18.0 Å². The average molecular weight is 291 g/mol. The minimum atomic E-state index is -0.837. The maximum atomic E-state index is 11.7. The van der Waals surface area contributed by atoms with Crippen molar-refractivity contribution in [2.45, 2.75) is 13.3 Å². The van der Waals surface area contributed by atoms with E-state index in [9.17, 15) is 14.4 Å². The predicted octanol–water partition coefficient (Wildman–Crippen LogP) is 1.84. The van der Waals surface area contributed by atoms with E-state index in [-0.39, 0.29) is 24.6 Å². The van der Waals surface area contributed by atoms with Crippen molar-refractivity contribution < 1.29 is 23.9 Å². The lowest BCUT2D eigenvalue weighted by Crippen LogP contribution is -2.31. The molecule has 21 heavy (non-hydrogen) atoms. The van der Waals surface area contributed by atoms with Gasteiger partial charge in [-0.15, -0.1) is 0 Å². The summed E-state index contributed by atoms with van der Waals surface area (Å²) in [6, 6.07) is 6.29. The molecule has 112 valence electrons. The molecule has 0 bridgehead atoms. The van der Waals surface area contributed by atoms with Crippen molar-refractivity contribution in [3.05, 3.63) is 48.0 Å². The van der Waals surface area contributed by atoms with Crippen molar-refractivity contribution in [1.82, 2.24) is 5.32 Å². The zero-order chi connectivity index (χ0) is 15.7. The Balaban J connectivity index is 2.56. The van der Waals surface area contributed by atoms with E-state index in [2.05, 4.69) is 16.6 Å². The van der Waals surface area contributed by atoms with Gasteiger partial charge in [0.25, 0.3) is 5.91 Å². The van der Waals surface area contributed by atoms with Crippen molar-refractivity contribution in [3.63, 3.8) is 0 Å². The van der Waals surface area contributed by atoms with Crippen LogP contribution in [0.5, 0.6) is 0 Å². The van der Waals surface area contributed by atoms with Gasteiger partial charge in [0, 0.05) is 5.56 Å². The fraction of sp³-hybridized carbons (Fsp3) is 0.267. The third-order valence-corrected chi connectivity index (χ3v) is 2.42. The number of ether oxygens (including phenoxy) is 2. The lowest BCUT2D eigenvalue weighted by molar-refractivity contribution is -0.142. The molecule has 0 atom stereocenters. The molecule has 0 saturated carbocycles. The normalized spacial score (nSPS) is 9.57. The Labute approximate surface area is 122 Å². The van der Waals surface area contributed by atoms with Crippen LogP contribution in [0.15, 0.2) is 36.9 Å². The molecule has 1 rings (SSSR count). The second kappa shape index (κ2) is 8.52. The van der Waals surface area contributed by atoms with Crippen molar-refractivity contribution in [1.29, 1.82) is 0 Å². The molecule has 6 heteroatoms. The maximum Gasteiger partial charge on any atom is 0.414 e. The van der Waals surface area contributed by atoms with Gasteiger partial charge < -0.3 is 9.47 Å². The van der Waals surface area contributed by atoms with Crippen LogP contribution < -0.4 is 5.32 Å². The summed E-state index contributed by atoms with van der Waals surface area (Å²) in [5.74, 6) is -0.908. The number of amides is 2. The molecule has 0 saturated heterocycles. The lowest BCUT2D eigenvalue weighted by Gasteiger charge is -2.05. The minimum absolute atomic E-state index is 0.0254. The standard InChI is InChI=1S/C15H17NO5/c1-3-9-21-15(19)16-14(18)12-7-5-11(6-8-12)10-13(17)20-4-2/h3,5-8H,1,4,9-10H2,2H3,(H,16,18,19). The number of hydrogen-bond acceptors (Lipinski definition) is 5. The third kappa shape index (κ3) is 5.90. The molecule has 2 amide bonds. The van der Waals surface area contributed by atoms with E-state index in [1.165, 1.54) is 18.2 Å².